The first-order chi connectivity index (χ1) is 9.54. The smallest absolute Gasteiger partial charge is 0.328 e. The van der Waals surface area contributed by atoms with Gasteiger partial charge in [-0.3, -0.25) is 19.1 Å². The molecule has 7 heteroatoms. The summed E-state index contributed by atoms with van der Waals surface area (Å²) in [4.78, 5) is 36.1. The molecule has 0 aliphatic heterocycles. The molecule has 0 aliphatic carbocycles. The summed E-state index contributed by atoms with van der Waals surface area (Å²) in [5, 5.41) is 3.26. The number of nitrogens with zero attached hydrogens (tertiary/aromatic N) is 1. The van der Waals surface area contributed by atoms with Gasteiger partial charge in [-0.1, -0.05) is 23.7 Å². The van der Waals surface area contributed by atoms with Crippen molar-refractivity contribution in [1.82, 2.24) is 14.9 Å². The molecule has 1 amide bonds. The van der Waals surface area contributed by atoms with Crippen molar-refractivity contribution in [2.45, 2.75) is 13.1 Å². The number of hydrogen-bond acceptors (Lipinski definition) is 3. The van der Waals surface area contributed by atoms with Crippen LogP contribution < -0.4 is 16.6 Å². The summed E-state index contributed by atoms with van der Waals surface area (Å²) >= 11 is 5.83. The molecule has 0 atom stereocenters. The van der Waals surface area contributed by atoms with Crippen molar-refractivity contribution in [3.05, 3.63) is 68.0 Å². The van der Waals surface area contributed by atoms with Crippen LogP contribution >= 0.6 is 11.6 Å². The van der Waals surface area contributed by atoms with Crippen LogP contribution in [-0.4, -0.2) is 15.5 Å². The molecule has 1 aromatic heterocycles. The van der Waals surface area contributed by atoms with E-state index in [2.05, 4.69) is 10.3 Å². The minimum atomic E-state index is -0.615. The maximum absolute atomic E-state index is 11.7. The molecule has 0 unspecified atom stereocenters. The predicted molar refractivity (Wildman–Crippen MR) is 74.6 cm³/mol. The van der Waals surface area contributed by atoms with E-state index in [1.165, 1.54) is 12.3 Å². The Hall–Kier alpha value is -2.34. The Morgan fingerprint density at radius 3 is 2.80 bits per heavy atom. The van der Waals surface area contributed by atoms with Gasteiger partial charge in [0.25, 0.3) is 5.56 Å². The first kappa shape index (κ1) is 14.1. The maximum Gasteiger partial charge on any atom is 0.328 e. The molecule has 0 saturated heterocycles. The summed E-state index contributed by atoms with van der Waals surface area (Å²) in [5.41, 5.74) is -0.249. The number of aromatic nitrogens is 2. The molecule has 0 fully saturated rings. The number of H-pyrrole nitrogens is 1. The average molecular weight is 294 g/mol. The van der Waals surface area contributed by atoms with E-state index in [0.717, 1.165) is 10.1 Å². The molecular weight excluding hydrogens is 282 g/mol. The van der Waals surface area contributed by atoms with Gasteiger partial charge in [0.15, 0.2) is 0 Å². The number of halogens is 1. The van der Waals surface area contributed by atoms with E-state index in [9.17, 15) is 14.4 Å². The maximum atomic E-state index is 11.7. The van der Waals surface area contributed by atoms with Crippen LogP contribution in [0.4, 0.5) is 0 Å². The van der Waals surface area contributed by atoms with E-state index in [4.69, 9.17) is 11.6 Å². The highest BCUT2D eigenvalue weighted by Gasteiger charge is 2.04. The van der Waals surface area contributed by atoms with Crippen molar-refractivity contribution in [2.75, 3.05) is 0 Å². The van der Waals surface area contributed by atoms with Gasteiger partial charge in [0.1, 0.15) is 6.54 Å². The van der Waals surface area contributed by atoms with E-state index in [1.807, 2.05) is 6.07 Å². The second-order valence-electron chi connectivity index (χ2n) is 4.14. The fraction of sp³-hybridized carbons (Fsp3) is 0.154. The SMILES string of the molecule is O=C(Cn1ccc(=O)[nH]c1=O)NCc1cccc(Cl)c1. The van der Waals surface area contributed by atoms with Crippen LogP contribution in [0.5, 0.6) is 0 Å². The van der Waals surface area contributed by atoms with Crippen LogP contribution in [0, 0.1) is 0 Å². The Balaban J connectivity index is 1.96. The highest BCUT2D eigenvalue weighted by molar-refractivity contribution is 6.30. The zero-order valence-electron chi connectivity index (χ0n) is 10.4. The van der Waals surface area contributed by atoms with Crippen molar-refractivity contribution < 1.29 is 4.79 Å². The van der Waals surface area contributed by atoms with Crippen molar-refractivity contribution in [3.8, 4) is 0 Å². The standard InChI is InChI=1S/C13H12ClN3O3/c14-10-3-1-2-9(6-10)7-15-12(19)8-17-5-4-11(18)16-13(17)20/h1-6H,7-8H2,(H,15,19)(H,16,18,20). The van der Waals surface area contributed by atoms with Gasteiger partial charge in [0, 0.05) is 23.8 Å². The molecule has 0 radical (unpaired) electrons. The van der Waals surface area contributed by atoms with Crippen molar-refractivity contribution in [3.63, 3.8) is 0 Å². The Morgan fingerprint density at radius 1 is 1.30 bits per heavy atom. The summed E-state index contributed by atoms with van der Waals surface area (Å²) in [7, 11) is 0. The highest BCUT2D eigenvalue weighted by atomic mass is 35.5. The quantitative estimate of drug-likeness (QED) is 0.861. The van der Waals surface area contributed by atoms with E-state index in [0.29, 0.717) is 11.6 Å². The molecule has 2 aromatic rings. The van der Waals surface area contributed by atoms with Crippen molar-refractivity contribution >= 4 is 17.5 Å². The Morgan fingerprint density at radius 2 is 2.10 bits per heavy atom. The summed E-state index contributed by atoms with van der Waals surface area (Å²) in [6.45, 7) is 0.160. The highest BCUT2D eigenvalue weighted by Crippen LogP contribution is 2.10. The normalized spacial score (nSPS) is 10.2. The molecule has 2 N–H and O–H groups in total. The lowest BCUT2D eigenvalue weighted by Crippen LogP contribution is -2.35. The van der Waals surface area contributed by atoms with Crippen molar-refractivity contribution in [2.24, 2.45) is 0 Å². The molecule has 104 valence electrons. The Labute approximate surface area is 119 Å². The molecular formula is C13H12ClN3O3. The lowest BCUT2D eigenvalue weighted by molar-refractivity contribution is -0.121. The largest absolute Gasteiger partial charge is 0.350 e. The fourth-order valence-corrected chi connectivity index (χ4v) is 1.84. The summed E-state index contributed by atoms with van der Waals surface area (Å²) in [5.74, 6) is -0.334. The van der Waals surface area contributed by atoms with Gasteiger partial charge in [0.2, 0.25) is 5.91 Å². The second-order valence-corrected chi connectivity index (χ2v) is 4.58. The molecule has 6 nitrogen and oxygen atoms in total. The molecule has 1 heterocycles. The van der Waals surface area contributed by atoms with E-state index < -0.39 is 11.2 Å². The van der Waals surface area contributed by atoms with Gasteiger partial charge < -0.3 is 5.32 Å². The van der Waals surface area contributed by atoms with E-state index in [-0.39, 0.29) is 12.5 Å². The number of rotatable bonds is 4. The van der Waals surface area contributed by atoms with Crippen LogP contribution in [-0.2, 0) is 17.9 Å². The van der Waals surface area contributed by atoms with Crippen molar-refractivity contribution in [1.29, 1.82) is 0 Å². The Kier molecular flexibility index (Phi) is 4.37. The minimum absolute atomic E-state index is 0.157. The Bertz CT molecular complexity index is 736. The molecule has 0 bridgehead atoms. The summed E-state index contributed by atoms with van der Waals surface area (Å²) in [6.07, 6.45) is 1.28. The first-order valence-corrected chi connectivity index (χ1v) is 6.23. The number of carbonyl (C=O) groups excluding carboxylic acids is 1. The van der Waals surface area contributed by atoms with Gasteiger partial charge in [-0.05, 0) is 17.7 Å². The monoisotopic (exact) mass is 293 g/mol. The van der Waals surface area contributed by atoms with Gasteiger partial charge in [-0.25, -0.2) is 4.79 Å². The van der Waals surface area contributed by atoms with Crippen LogP contribution in [0.15, 0.2) is 46.1 Å². The minimum Gasteiger partial charge on any atom is -0.350 e. The fourth-order valence-electron chi connectivity index (χ4n) is 1.63. The molecule has 0 saturated carbocycles. The number of nitrogens with one attached hydrogen (secondary N) is 2. The van der Waals surface area contributed by atoms with Crippen LogP contribution in [0.25, 0.3) is 0 Å². The number of carbonyl (C=O) groups is 1. The van der Waals surface area contributed by atoms with Gasteiger partial charge in [-0.2, -0.15) is 0 Å². The summed E-state index contributed by atoms with van der Waals surface area (Å²) in [6, 6.07) is 8.29. The zero-order chi connectivity index (χ0) is 14.5. The molecule has 2 rings (SSSR count). The van der Waals surface area contributed by atoms with E-state index in [1.54, 1.807) is 18.2 Å². The molecule has 0 aliphatic rings. The number of aromatic amines is 1. The molecule has 0 spiro atoms. The average Bonchev–Trinajstić information content (AvgIpc) is 2.40. The number of amides is 1. The van der Waals surface area contributed by atoms with Gasteiger partial charge in [-0.15, -0.1) is 0 Å². The van der Waals surface area contributed by atoms with Crippen LogP contribution in [0.3, 0.4) is 0 Å². The topological polar surface area (TPSA) is 84.0 Å². The van der Waals surface area contributed by atoms with Crippen LogP contribution in [0.1, 0.15) is 5.56 Å². The summed E-state index contributed by atoms with van der Waals surface area (Å²) < 4.78 is 1.12. The molecule has 20 heavy (non-hydrogen) atoms. The predicted octanol–water partition coefficient (Wildman–Crippen LogP) is 0.506. The van der Waals surface area contributed by atoms with E-state index >= 15 is 0 Å². The third kappa shape index (κ3) is 3.83. The third-order valence-electron chi connectivity index (χ3n) is 2.59. The lowest BCUT2D eigenvalue weighted by atomic mass is 10.2. The van der Waals surface area contributed by atoms with Gasteiger partial charge in [0.05, 0.1) is 0 Å². The lowest BCUT2D eigenvalue weighted by Gasteiger charge is -2.07. The van der Waals surface area contributed by atoms with Crippen LogP contribution in [0.2, 0.25) is 5.02 Å². The second kappa shape index (κ2) is 6.21. The number of hydrogen-bond donors (Lipinski definition) is 2. The first-order valence-electron chi connectivity index (χ1n) is 5.85. The van der Waals surface area contributed by atoms with Gasteiger partial charge >= 0.3 is 5.69 Å². The number of benzene rings is 1. The molecule has 1 aromatic carbocycles. The third-order valence-corrected chi connectivity index (χ3v) is 2.82. The zero-order valence-corrected chi connectivity index (χ0v) is 11.2.